The number of hydrogen-bond acceptors (Lipinski definition) is 2. The monoisotopic (exact) mass is 285 g/mol. The van der Waals surface area contributed by atoms with Gasteiger partial charge in [-0.05, 0) is 61.6 Å². The van der Waals surface area contributed by atoms with Gasteiger partial charge in [0.25, 0.3) is 0 Å². The van der Waals surface area contributed by atoms with Crippen molar-refractivity contribution in [3.05, 3.63) is 59.2 Å². The van der Waals surface area contributed by atoms with Gasteiger partial charge in [0.2, 0.25) is 0 Å². The molecule has 2 rings (SSSR count). The van der Waals surface area contributed by atoms with Gasteiger partial charge in [-0.2, -0.15) is 0 Å². The van der Waals surface area contributed by atoms with E-state index in [9.17, 15) is 0 Å². The van der Waals surface area contributed by atoms with Crippen LogP contribution < -0.4 is 5.73 Å². The number of benzene rings is 2. The van der Waals surface area contributed by atoms with Gasteiger partial charge in [0.15, 0.2) is 0 Å². The van der Waals surface area contributed by atoms with Gasteiger partial charge in [0.1, 0.15) is 0 Å². The highest BCUT2D eigenvalue weighted by atomic mass is 32.2. The molecule has 0 saturated heterocycles. The smallest absolute Gasteiger partial charge is 0.0154 e. The predicted molar refractivity (Wildman–Crippen MR) is 88.5 cm³/mol. The maximum atomic E-state index is 6.00. The van der Waals surface area contributed by atoms with Crippen molar-refractivity contribution >= 4 is 11.8 Å². The van der Waals surface area contributed by atoms with E-state index in [1.165, 1.54) is 26.5 Å². The van der Waals surface area contributed by atoms with E-state index < -0.39 is 0 Å². The van der Waals surface area contributed by atoms with E-state index >= 15 is 0 Å². The molecular weight excluding hydrogens is 262 g/mol. The Kier molecular flexibility index (Phi) is 5.27. The van der Waals surface area contributed by atoms with Gasteiger partial charge in [-0.3, -0.25) is 0 Å². The molecule has 0 bridgehead atoms. The van der Waals surface area contributed by atoms with E-state index in [0.717, 1.165) is 12.8 Å². The van der Waals surface area contributed by atoms with Gasteiger partial charge < -0.3 is 5.73 Å². The van der Waals surface area contributed by atoms with Crippen molar-refractivity contribution in [3.8, 4) is 0 Å². The predicted octanol–water partition coefficient (Wildman–Crippen LogP) is 4.73. The fourth-order valence-electron chi connectivity index (χ4n) is 2.08. The summed E-state index contributed by atoms with van der Waals surface area (Å²) in [6.07, 6.45) is 1.99. The molecule has 2 heteroatoms. The molecule has 0 saturated carbocycles. The molecule has 1 nitrogen and oxygen atoms in total. The first kappa shape index (κ1) is 15.1. The Balaban J connectivity index is 2.09. The van der Waals surface area contributed by atoms with E-state index in [1.54, 1.807) is 0 Å². The molecule has 0 spiro atoms. The second kappa shape index (κ2) is 6.96. The summed E-state index contributed by atoms with van der Waals surface area (Å²) >= 11 is 1.83. The van der Waals surface area contributed by atoms with Crippen molar-refractivity contribution in [2.75, 3.05) is 0 Å². The molecule has 0 amide bonds. The zero-order chi connectivity index (χ0) is 14.5. The van der Waals surface area contributed by atoms with Crippen LogP contribution in [0.4, 0.5) is 0 Å². The summed E-state index contributed by atoms with van der Waals surface area (Å²) < 4.78 is 0. The molecule has 20 heavy (non-hydrogen) atoms. The number of rotatable bonds is 5. The van der Waals surface area contributed by atoms with E-state index in [0.29, 0.717) is 0 Å². The van der Waals surface area contributed by atoms with Gasteiger partial charge in [0.05, 0.1) is 0 Å². The van der Waals surface area contributed by atoms with Crippen LogP contribution >= 0.6 is 11.8 Å². The van der Waals surface area contributed by atoms with Crippen LogP contribution in [0.25, 0.3) is 0 Å². The van der Waals surface area contributed by atoms with Gasteiger partial charge >= 0.3 is 0 Å². The van der Waals surface area contributed by atoms with Crippen LogP contribution in [0.15, 0.2) is 52.3 Å². The third kappa shape index (κ3) is 4.12. The summed E-state index contributed by atoms with van der Waals surface area (Å²) in [5.74, 6) is 0. The number of aryl methyl sites for hydroxylation is 2. The van der Waals surface area contributed by atoms with Crippen molar-refractivity contribution in [2.24, 2.45) is 5.73 Å². The molecule has 0 aliphatic heterocycles. The summed E-state index contributed by atoms with van der Waals surface area (Å²) in [5, 5.41) is 0. The molecule has 2 aromatic carbocycles. The summed E-state index contributed by atoms with van der Waals surface area (Å²) in [6, 6.07) is 15.7. The van der Waals surface area contributed by atoms with E-state index in [4.69, 9.17) is 5.73 Å². The minimum absolute atomic E-state index is 0.271. The van der Waals surface area contributed by atoms with Crippen LogP contribution in [0.2, 0.25) is 0 Å². The molecule has 2 aromatic rings. The lowest BCUT2D eigenvalue weighted by Gasteiger charge is -2.10. The van der Waals surface area contributed by atoms with Crippen molar-refractivity contribution in [1.29, 1.82) is 0 Å². The highest BCUT2D eigenvalue weighted by Gasteiger charge is 2.04. The van der Waals surface area contributed by atoms with Gasteiger partial charge in [-0.15, -0.1) is 0 Å². The molecule has 1 atom stereocenters. The summed E-state index contributed by atoms with van der Waals surface area (Å²) in [5.41, 5.74) is 9.96. The Morgan fingerprint density at radius 1 is 1.05 bits per heavy atom. The average Bonchev–Trinajstić information content (AvgIpc) is 2.45. The van der Waals surface area contributed by atoms with Crippen LogP contribution in [0.3, 0.4) is 0 Å². The molecule has 0 radical (unpaired) electrons. The van der Waals surface area contributed by atoms with E-state index in [2.05, 4.69) is 63.2 Å². The quantitative estimate of drug-likeness (QED) is 0.859. The number of nitrogens with two attached hydrogens (primary N) is 1. The lowest BCUT2D eigenvalue weighted by Crippen LogP contribution is -2.21. The maximum Gasteiger partial charge on any atom is 0.0154 e. The lowest BCUT2D eigenvalue weighted by molar-refractivity contribution is 0.646. The molecule has 0 aliphatic rings. The van der Waals surface area contributed by atoms with E-state index in [-0.39, 0.29) is 6.04 Å². The Hall–Kier alpha value is -1.25. The second-order valence-corrected chi connectivity index (χ2v) is 6.50. The van der Waals surface area contributed by atoms with Crippen LogP contribution in [0.1, 0.15) is 30.0 Å². The van der Waals surface area contributed by atoms with Crippen molar-refractivity contribution in [2.45, 2.75) is 49.4 Å². The van der Waals surface area contributed by atoms with Gasteiger partial charge in [-0.1, -0.05) is 43.0 Å². The average molecular weight is 285 g/mol. The highest BCUT2D eigenvalue weighted by Crippen LogP contribution is 2.31. The summed E-state index contributed by atoms with van der Waals surface area (Å²) in [6.45, 7) is 6.44. The van der Waals surface area contributed by atoms with Crippen LogP contribution in [0, 0.1) is 13.8 Å². The second-order valence-electron chi connectivity index (χ2n) is 5.39. The third-order valence-electron chi connectivity index (χ3n) is 3.52. The maximum absolute atomic E-state index is 6.00. The lowest BCUT2D eigenvalue weighted by atomic mass is 10.1. The normalized spacial score (nSPS) is 12.4. The topological polar surface area (TPSA) is 26.0 Å². The third-order valence-corrected chi connectivity index (χ3v) is 4.68. The highest BCUT2D eigenvalue weighted by molar-refractivity contribution is 7.99. The minimum atomic E-state index is 0.271. The zero-order valence-electron chi connectivity index (χ0n) is 12.5. The Morgan fingerprint density at radius 3 is 2.40 bits per heavy atom. The first-order valence-electron chi connectivity index (χ1n) is 7.18. The van der Waals surface area contributed by atoms with Crippen LogP contribution in [-0.2, 0) is 6.42 Å². The molecule has 0 fully saturated rings. The van der Waals surface area contributed by atoms with Crippen LogP contribution in [0.5, 0.6) is 0 Å². The molecular formula is C18H23NS. The SMILES string of the molecule is CCC(N)Cc1ccc(Sc2cc(C)ccc2C)cc1. The summed E-state index contributed by atoms with van der Waals surface area (Å²) in [4.78, 5) is 2.62. The Bertz CT molecular complexity index is 560. The minimum Gasteiger partial charge on any atom is -0.327 e. The first-order valence-corrected chi connectivity index (χ1v) is 7.99. The molecule has 0 aromatic heterocycles. The number of hydrogen-bond donors (Lipinski definition) is 1. The van der Waals surface area contributed by atoms with Gasteiger partial charge in [-0.25, -0.2) is 0 Å². The molecule has 1 unspecified atom stereocenters. The fourth-order valence-corrected chi connectivity index (χ4v) is 3.08. The zero-order valence-corrected chi connectivity index (χ0v) is 13.3. The summed E-state index contributed by atoms with van der Waals surface area (Å²) in [7, 11) is 0. The van der Waals surface area contributed by atoms with E-state index in [1.807, 2.05) is 11.8 Å². The first-order chi connectivity index (χ1) is 9.58. The molecule has 106 valence electrons. The molecule has 2 N–H and O–H groups in total. The Labute approximate surface area is 126 Å². The van der Waals surface area contributed by atoms with Crippen molar-refractivity contribution in [1.82, 2.24) is 0 Å². The van der Waals surface area contributed by atoms with Gasteiger partial charge in [0, 0.05) is 15.8 Å². The van der Waals surface area contributed by atoms with Crippen molar-refractivity contribution < 1.29 is 0 Å². The Morgan fingerprint density at radius 2 is 1.75 bits per heavy atom. The largest absolute Gasteiger partial charge is 0.327 e. The molecule has 0 aliphatic carbocycles. The van der Waals surface area contributed by atoms with Crippen LogP contribution in [-0.4, -0.2) is 6.04 Å². The standard InChI is InChI=1S/C18H23NS/c1-4-16(19)12-15-7-9-17(10-8-15)20-18-11-13(2)5-6-14(18)3/h5-11,16H,4,12,19H2,1-3H3. The molecule has 0 heterocycles. The fraction of sp³-hybridized carbons (Fsp3) is 0.333. The van der Waals surface area contributed by atoms with Crippen molar-refractivity contribution in [3.63, 3.8) is 0 Å².